The Bertz CT molecular complexity index is 968. The van der Waals surface area contributed by atoms with Gasteiger partial charge in [0.25, 0.3) is 0 Å². The van der Waals surface area contributed by atoms with Crippen LogP contribution in [0.15, 0.2) is 53.7 Å². The van der Waals surface area contributed by atoms with Gasteiger partial charge in [-0.1, -0.05) is 55.1 Å². The predicted molar refractivity (Wildman–Crippen MR) is 120 cm³/mol. The van der Waals surface area contributed by atoms with E-state index in [-0.39, 0.29) is 17.8 Å². The van der Waals surface area contributed by atoms with Crippen LogP contribution in [0.4, 0.5) is 0 Å². The molecule has 3 rings (SSSR count). The smallest absolute Gasteiger partial charge is 0.233 e. The van der Waals surface area contributed by atoms with E-state index >= 15 is 0 Å². The lowest BCUT2D eigenvalue weighted by molar-refractivity contribution is -0.120. The second-order valence-corrected chi connectivity index (χ2v) is 8.44. The van der Waals surface area contributed by atoms with E-state index in [2.05, 4.69) is 15.5 Å². The van der Waals surface area contributed by atoms with Gasteiger partial charge in [-0.2, -0.15) is 0 Å². The van der Waals surface area contributed by atoms with Crippen molar-refractivity contribution in [2.45, 2.75) is 51.1 Å². The number of thioether (sulfide) groups is 1. The first kappa shape index (κ1) is 21.9. The zero-order valence-electron chi connectivity index (χ0n) is 17.9. The number of amides is 1. The van der Waals surface area contributed by atoms with E-state index in [1.165, 1.54) is 11.8 Å². The summed E-state index contributed by atoms with van der Waals surface area (Å²) >= 11 is 1.39. The summed E-state index contributed by atoms with van der Waals surface area (Å²) < 4.78 is 8.08. The molecule has 1 N–H and O–H groups in total. The summed E-state index contributed by atoms with van der Waals surface area (Å²) in [5.74, 6) is 1.55. The lowest BCUT2D eigenvalue weighted by Crippen LogP contribution is -2.31. The van der Waals surface area contributed by atoms with Gasteiger partial charge in [0.15, 0.2) is 11.0 Å². The molecule has 0 saturated carbocycles. The summed E-state index contributed by atoms with van der Waals surface area (Å²) in [7, 11) is 0. The average molecular weight is 425 g/mol. The molecule has 0 saturated heterocycles. The highest BCUT2D eigenvalue weighted by Crippen LogP contribution is 2.28. The minimum Gasteiger partial charge on any atom is -0.485 e. The Balaban J connectivity index is 1.86. The minimum atomic E-state index is -0.282. The third kappa shape index (κ3) is 5.21. The molecule has 0 aliphatic heterocycles. The maximum Gasteiger partial charge on any atom is 0.233 e. The number of hydrogen-bond acceptors (Lipinski definition) is 5. The molecule has 0 spiro atoms. The normalized spacial score (nSPS) is 11.9. The molecule has 0 fully saturated rings. The first-order chi connectivity index (χ1) is 14.5. The van der Waals surface area contributed by atoms with Crippen LogP contribution in [0.3, 0.4) is 0 Å². The first-order valence-electron chi connectivity index (χ1n) is 10.1. The van der Waals surface area contributed by atoms with Crippen LogP contribution in [0.25, 0.3) is 5.69 Å². The average Bonchev–Trinajstić information content (AvgIpc) is 3.14. The quantitative estimate of drug-likeness (QED) is 0.513. The van der Waals surface area contributed by atoms with Crippen LogP contribution in [0, 0.1) is 13.8 Å². The molecule has 3 aromatic rings. The topological polar surface area (TPSA) is 69.0 Å². The number of aromatic nitrogens is 3. The first-order valence-corrected chi connectivity index (χ1v) is 11.0. The molecule has 30 heavy (non-hydrogen) atoms. The third-order valence-electron chi connectivity index (χ3n) is 4.67. The Hall–Kier alpha value is -2.80. The summed E-state index contributed by atoms with van der Waals surface area (Å²) in [5.41, 5.74) is 3.10. The molecule has 1 atom stereocenters. The van der Waals surface area contributed by atoms with Gasteiger partial charge in [-0.15, -0.1) is 10.2 Å². The third-order valence-corrected chi connectivity index (χ3v) is 5.71. The fraction of sp³-hybridized carbons (Fsp3) is 0.348. The van der Waals surface area contributed by atoms with Crippen LogP contribution in [0.2, 0.25) is 0 Å². The standard InChI is InChI=1S/C23H28N4O2S/c1-5-14-24-22(28)18(4)30-23-26-25-20(27(23)19-12-7-6-8-13-19)15-29-21-16(2)10-9-11-17(21)3/h6-13,18H,5,14-15H2,1-4H3,(H,24,28)/t18-/m0/s1. The molecule has 6 nitrogen and oxygen atoms in total. The second kappa shape index (κ2) is 10.3. The van der Waals surface area contributed by atoms with E-state index in [0.29, 0.717) is 17.5 Å². The summed E-state index contributed by atoms with van der Waals surface area (Å²) in [5, 5.41) is 12.1. The molecular formula is C23H28N4O2S. The zero-order chi connectivity index (χ0) is 21.5. The number of para-hydroxylation sites is 2. The van der Waals surface area contributed by atoms with Crippen molar-refractivity contribution in [1.29, 1.82) is 0 Å². The molecule has 1 heterocycles. The number of ether oxygens (including phenoxy) is 1. The van der Waals surface area contributed by atoms with E-state index in [0.717, 1.165) is 29.0 Å². The van der Waals surface area contributed by atoms with Crippen molar-refractivity contribution in [2.75, 3.05) is 6.54 Å². The van der Waals surface area contributed by atoms with Crippen molar-refractivity contribution in [3.63, 3.8) is 0 Å². The highest BCUT2D eigenvalue weighted by Gasteiger charge is 2.21. The van der Waals surface area contributed by atoms with E-state index in [4.69, 9.17) is 4.74 Å². The molecule has 2 aromatic carbocycles. The van der Waals surface area contributed by atoms with Gasteiger partial charge in [-0.25, -0.2) is 0 Å². The molecule has 1 amide bonds. The van der Waals surface area contributed by atoms with E-state index in [9.17, 15) is 4.79 Å². The van der Waals surface area contributed by atoms with Crippen LogP contribution >= 0.6 is 11.8 Å². The van der Waals surface area contributed by atoms with E-state index in [1.54, 1.807) is 0 Å². The van der Waals surface area contributed by atoms with Crippen molar-refractivity contribution >= 4 is 17.7 Å². The highest BCUT2D eigenvalue weighted by atomic mass is 32.2. The van der Waals surface area contributed by atoms with Crippen molar-refractivity contribution in [2.24, 2.45) is 0 Å². The van der Waals surface area contributed by atoms with Crippen LogP contribution in [0.1, 0.15) is 37.2 Å². The lowest BCUT2D eigenvalue weighted by atomic mass is 10.1. The molecule has 158 valence electrons. The number of benzene rings is 2. The molecule has 0 aliphatic rings. The van der Waals surface area contributed by atoms with Crippen LogP contribution < -0.4 is 10.1 Å². The Morgan fingerprint density at radius 2 is 1.80 bits per heavy atom. The number of hydrogen-bond donors (Lipinski definition) is 1. The lowest BCUT2D eigenvalue weighted by Gasteiger charge is -2.15. The van der Waals surface area contributed by atoms with Crippen molar-refractivity contribution in [3.8, 4) is 11.4 Å². The SMILES string of the molecule is CCCNC(=O)[C@H](C)Sc1nnc(COc2c(C)cccc2C)n1-c1ccccc1. The molecular weight excluding hydrogens is 396 g/mol. The monoisotopic (exact) mass is 424 g/mol. The van der Waals surface area contributed by atoms with Crippen LogP contribution in [0.5, 0.6) is 5.75 Å². The van der Waals surface area contributed by atoms with E-state index < -0.39 is 0 Å². The van der Waals surface area contributed by atoms with Crippen LogP contribution in [-0.4, -0.2) is 32.5 Å². The number of carbonyl (C=O) groups is 1. The predicted octanol–water partition coefficient (Wildman–Crippen LogP) is 4.47. The van der Waals surface area contributed by atoms with Gasteiger partial charge >= 0.3 is 0 Å². The largest absolute Gasteiger partial charge is 0.485 e. The van der Waals surface area contributed by atoms with Gasteiger partial charge in [0.1, 0.15) is 12.4 Å². The Morgan fingerprint density at radius 3 is 2.47 bits per heavy atom. The molecule has 7 heteroatoms. The van der Waals surface area contributed by atoms with Crippen molar-refractivity contribution < 1.29 is 9.53 Å². The number of carbonyl (C=O) groups excluding carboxylic acids is 1. The minimum absolute atomic E-state index is 0.00204. The van der Waals surface area contributed by atoms with Crippen molar-refractivity contribution in [1.82, 2.24) is 20.1 Å². The zero-order valence-corrected chi connectivity index (χ0v) is 18.7. The van der Waals surface area contributed by atoms with Gasteiger partial charge in [0.2, 0.25) is 5.91 Å². The summed E-state index contributed by atoms with van der Waals surface area (Å²) in [6.45, 7) is 8.93. The number of nitrogens with one attached hydrogen (secondary N) is 1. The maximum atomic E-state index is 12.3. The van der Waals surface area contributed by atoms with Gasteiger partial charge < -0.3 is 10.1 Å². The number of rotatable bonds is 9. The fourth-order valence-corrected chi connectivity index (χ4v) is 3.98. The Kier molecular flexibility index (Phi) is 7.52. The Morgan fingerprint density at radius 1 is 1.10 bits per heavy atom. The fourth-order valence-electron chi connectivity index (χ4n) is 3.07. The number of aryl methyl sites for hydroxylation is 2. The highest BCUT2D eigenvalue weighted by molar-refractivity contribution is 8.00. The molecule has 0 aliphatic carbocycles. The van der Waals surface area contributed by atoms with Crippen molar-refractivity contribution in [3.05, 3.63) is 65.5 Å². The second-order valence-electron chi connectivity index (χ2n) is 7.13. The molecule has 1 aromatic heterocycles. The van der Waals surface area contributed by atoms with Gasteiger partial charge in [0, 0.05) is 12.2 Å². The van der Waals surface area contributed by atoms with Gasteiger partial charge in [0.05, 0.1) is 5.25 Å². The van der Waals surface area contributed by atoms with Gasteiger partial charge in [-0.3, -0.25) is 9.36 Å². The summed E-state index contributed by atoms with van der Waals surface area (Å²) in [6.07, 6.45) is 0.906. The maximum absolute atomic E-state index is 12.3. The number of nitrogens with zero attached hydrogens (tertiary/aromatic N) is 3. The summed E-state index contributed by atoms with van der Waals surface area (Å²) in [4.78, 5) is 12.3. The molecule has 0 bridgehead atoms. The molecule has 0 radical (unpaired) electrons. The van der Waals surface area contributed by atoms with Crippen LogP contribution in [-0.2, 0) is 11.4 Å². The molecule has 0 unspecified atom stereocenters. The van der Waals surface area contributed by atoms with Gasteiger partial charge in [-0.05, 0) is 50.5 Å². The van der Waals surface area contributed by atoms with E-state index in [1.807, 2.05) is 80.8 Å². The summed E-state index contributed by atoms with van der Waals surface area (Å²) in [6, 6.07) is 16.0. The Labute approximate surface area is 182 Å².